The number of carbonyl (C=O) groups is 1. The van der Waals surface area contributed by atoms with Crippen LogP contribution in [0.25, 0.3) is 0 Å². The van der Waals surface area contributed by atoms with Crippen molar-refractivity contribution in [1.29, 1.82) is 0 Å². The van der Waals surface area contributed by atoms with Crippen LogP contribution in [0.15, 0.2) is 48.8 Å². The van der Waals surface area contributed by atoms with E-state index in [0.29, 0.717) is 23.9 Å². The molecule has 1 saturated heterocycles. The molecule has 0 spiro atoms. The molecule has 3 aromatic rings. The molecule has 4 heterocycles. The van der Waals surface area contributed by atoms with E-state index >= 15 is 0 Å². The predicted octanol–water partition coefficient (Wildman–Crippen LogP) is 5.62. The Morgan fingerprint density at radius 2 is 1.81 bits per heavy atom. The summed E-state index contributed by atoms with van der Waals surface area (Å²) in [6, 6.07) is 8.93. The number of benzene rings is 1. The second kappa shape index (κ2) is 12.5. The van der Waals surface area contributed by atoms with Crippen molar-refractivity contribution in [3.63, 3.8) is 0 Å². The fraction of sp³-hybridized carbons (Fsp3) is 0.433. The van der Waals surface area contributed by atoms with Gasteiger partial charge >= 0.3 is 12.2 Å². The molecule has 2 amide bonds. The van der Waals surface area contributed by atoms with Crippen molar-refractivity contribution in [2.24, 2.45) is 0 Å². The minimum absolute atomic E-state index is 0.0633. The summed E-state index contributed by atoms with van der Waals surface area (Å²) < 4.78 is 48.2. The lowest BCUT2D eigenvalue weighted by Crippen LogP contribution is -2.45. The summed E-state index contributed by atoms with van der Waals surface area (Å²) in [7, 11) is 1.77. The monoisotopic (exact) mass is 583 g/mol. The lowest BCUT2D eigenvalue weighted by atomic mass is 9.96. The quantitative estimate of drug-likeness (QED) is 0.374. The number of likely N-dealkylation sites (N-methyl/N-ethyl adjacent to an activating group) is 1. The van der Waals surface area contributed by atoms with Gasteiger partial charge in [-0.15, -0.1) is 0 Å². The Balaban J connectivity index is 1.28. The number of amides is 2. The highest BCUT2D eigenvalue weighted by Crippen LogP contribution is 2.35. The maximum absolute atomic E-state index is 14.1. The summed E-state index contributed by atoms with van der Waals surface area (Å²) in [6.07, 6.45) is -1.26. The number of halogens is 3. The minimum atomic E-state index is -4.54. The second-order valence-corrected chi connectivity index (χ2v) is 10.7. The Hall–Kier alpha value is -3.90. The van der Waals surface area contributed by atoms with Crippen LogP contribution in [0.2, 0.25) is 0 Å². The molecule has 0 aliphatic carbocycles. The van der Waals surface area contributed by atoms with Gasteiger partial charge in [-0.1, -0.05) is 19.9 Å². The molecule has 0 saturated carbocycles. The molecule has 2 aromatic heterocycles. The van der Waals surface area contributed by atoms with Crippen molar-refractivity contribution in [3.8, 4) is 11.5 Å². The van der Waals surface area contributed by atoms with Gasteiger partial charge in [-0.05, 0) is 41.9 Å². The number of ether oxygens (including phenoxy) is 1. The molecule has 2 aliphatic rings. The van der Waals surface area contributed by atoms with Crippen molar-refractivity contribution >= 4 is 17.5 Å². The lowest BCUT2D eigenvalue weighted by molar-refractivity contribution is -0.138. The Morgan fingerprint density at radius 1 is 1.05 bits per heavy atom. The summed E-state index contributed by atoms with van der Waals surface area (Å²) >= 11 is 0. The van der Waals surface area contributed by atoms with Crippen LogP contribution in [0, 0.1) is 0 Å². The van der Waals surface area contributed by atoms with Crippen LogP contribution in [0.5, 0.6) is 11.5 Å². The van der Waals surface area contributed by atoms with Crippen LogP contribution in [0.1, 0.15) is 42.1 Å². The van der Waals surface area contributed by atoms with Crippen molar-refractivity contribution < 1.29 is 22.7 Å². The van der Waals surface area contributed by atoms with Gasteiger partial charge in [-0.2, -0.15) is 13.2 Å². The number of hydrogen-bond donors (Lipinski definition) is 2. The van der Waals surface area contributed by atoms with Gasteiger partial charge in [0.15, 0.2) is 0 Å². The number of aromatic nitrogens is 2. The van der Waals surface area contributed by atoms with E-state index in [9.17, 15) is 18.0 Å². The molecule has 1 aromatic carbocycles. The number of fused-ring (bicyclic) bond motifs is 1. The topological polar surface area (TPSA) is 85.9 Å². The molecule has 2 N–H and O–H groups in total. The van der Waals surface area contributed by atoms with Crippen LogP contribution in [-0.2, 0) is 19.3 Å². The summed E-state index contributed by atoms with van der Waals surface area (Å²) in [6.45, 7) is 8.96. The van der Waals surface area contributed by atoms with Crippen molar-refractivity contribution in [3.05, 3.63) is 71.2 Å². The fourth-order valence-electron chi connectivity index (χ4n) is 5.48. The smallest absolute Gasteiger partial charge is 0.416 e. The van der Waals surface area contributed by atoms with E-state index < -0.39 is 17.8 Å². The lowest BCUT2D eigenvalue weighted by Gasteiger charge is -2.34. The molecule has 0 bridgehead atoms. The number of hydrogen-bond acceptors (Lipinski definition) is 7. The SMILES string of the molecule is CCN1CCN(Cc2ccc(NC(=O)N3Cc4cc(Oc5ccnc(NC)c5)cnc4C(C)C3)cc2C(F)(F)F)CC1. The summed E-state index contributed by atoms with van der Waals surface area (Å²) in [5.41, 5.74) is 1.28. The van der Waals surface area contributed by atoms with Crippen molar-refractivity contribution in [2.45, 2.75) is 39.0 Å². The van der Waals surface area contributed by atoms with Gasteiger partial charge in [0.05, 0.1) is 17.5 Å². The van der Waals surface area contributed by atoms with Gasteiger partial charge in [0, 0.05) is 76.7 Å². The average Bonchev–Trinajstić information content (AvgIpc) is 2.97. The van der Waals surface area contributed by atoms with Gasteiger partial charge in [0.1, 0.15) is 17.3 Å². The number of nitrogens with one attached hydrogen (secondary N) is 2. The Labute approximate surface area is 243 Å². The van der Waals surface area contributed by atoms with Gasteiger partial charge in [0.25, 0.3) is 0 Å². The number of pyridine rings is 2. The van der Waals surface area contributed by atoms with Crippen LogP contribution >= 0.6 is 0 Å². The Morgan fingerprint density at radius 3 is 2.52 bits per heavy atom. The first-order valence-electron chi connectivity index (χ1n) is 14.1. The van der Waals surface area contributed by atoms with Gasteiger partial charge in [0.2, 0.25) is 0 Å². The highest BCUT2D eigenvalue weighted by molar-refractivity contribution is 5.89. The third-order valence-electron chi connectivity index (χ3n) is 7.78. The first-order chi connectivity index (χ1) is 20.1. The number of carbonyl (C=O) groups excluding carboxylic acids is 1. The highest BCUT2D eigenvalue weighted by Gasteiger charge is 2.35. The van der Waals surface area contributed by atoms with Crippen LogP contribution < -0.4 is 15.4 Å². The summed E-state index contributed by atoms with van der Waals surface area (Å²) in [4.78, 5) is 27.9. The van der Waals surface area contributed by atoms with Crippen LogP contribution in [-0.4, -0.2) is 77.0 Å². The maximum atomic E-state index is 14.1. The van der Waals surface area contributed by atoms with Crippen LogP contribution in [0.3, 0.4) is 0 Å². The zero-order valence-corrected chi connectivity index (χ0v) is 24.0. The van der Waals surface area contributed by atoms with Gasteiger partial charge in [-0.25, -0.2) is 9.78 Å². The second-order valence-electron chi connectivity index (χ2n) is 10.7. The molecule has 5 rings (SSSR count). The Kier molecular flexibility index (Phi) is 8.83. The van der Waals surface area contributed by atoms with E-state index in [1.165, 1.54) is 6.07 Å². The number of alkyl halides is 3. The summed E-state index contributed by atoms with van der Waals surface area (Å²) in [5, 5.41) is 5.65. The third kappa shape index (κ3) is 6.93. The molecular weight excluding hydrogens is 547 g/mol. The number of rotatable bonds is 7. The van der Waals surface area contributed by atoms with Gasteiger partial charge in [-0.3, -0.25) is 9.88 Å². The number of anilines is 2. The zero-order chi connectivity index (χ0) is 29.9. The molecule has 12 heteroatoms. The highest BCUT2D eigenvalue weighted by atomic mass is 19.4. The summed E-state index contributed by atoms with van der Waals surface area (Å²) in [5.74, 6) is 1.69. The molecule has 1 unspecified atom stereocenters. The van der Waals surface area contributed by atoms with Crippen molar-refractivity contribution in [1.82, 2.24) is 24.7 Å². The fourth-order valence-corrected chi connectivity index (χ4v) is 5.48. The molecule has 224 valence electrons. The number of urea groups is 1. The van der Waals surface area contributed by atoms with E-state index in [0.717, 1.165) is 50.0 Å². The minimum Gasteiger partial charge on any atom is -0.456 e. The molecule has 1 fully saturated rings. The van der Waals surface area contributed by atoms with E-state index in [-0.39, 0.29) is 30.3 Å². The standard InChI is InChI=1S/C30H36F3N7O2/c1-4-38-9-11-39(12-10-38)18-21-5-6-23(14-26(21)30(31,32)33)37-29(41)40-17-20(2)28-22(19-40)13-25(16-36-28)42-24-7-8-35-27(15-24)34-3/h5-8,13-16,20H,4,9-12,17-19H2,1-3H3,(H,34,35)(H,37,41). The predicted molar refractivity (Wildman–Crippen MR) is 155 cm³/mol. The maximum Gasteiger partial charge on any atom is 0.416 e. The largest absolute Gasteiger partial charge is 0.456 e. The average molecular weight is 584 g/mol. The Bertz CT molecular complexity index is 1410. The molecule has 9 nitrogen and oxygen atoms in total. The number of piperazine rings is 1. The first kappa shape index (κ1) is 29.6. The van der Waals surface area contributed by atoms with Crippen LogP contribution in [0.4, 0.5) is 29.5 Å². The van der Waals surface area contributed by atoms with E-state index in [2.05, 4.69) is 32.4 Å². The third-order valence-corrected chi connectivity index (χ3v) is 7.78. The van der Waals surface area contributed by atoms with Gasteiger partial charge < -0.3 is 25.2 Å². The molecule has 0 radical (unpaired) electrons. The normalized spacial score (nSPS) is 18.0. The van der Waals surface area contributed by atoms with E-state index in [1.807, 2.05) is 17.9 Å². The van der Waals surface area contributed by atoms with Crippen molar-refractivity contribution in [2.75, 3.05) is 56.9 Å². The van der Waals surface area contributed by atoms with E-state index in [4.69, 9.17) is 4.74 Å². The molecule has 1 atom stereocenters. The number of nitrogens with zero attached hydrogens (tertiary/aromatic N) is 5. The molecule has 2 aliphatic heterocycles. The molecular formula is C30H36F3N7O2. The van der Waals surface area contributed by atoms with E-state index in [1.54, 1.807) is 42.5 Å². The zero-order valence-electron chi connectivity index (χ0n) is 24.0. The first-order valence-corrected chi connectivity index (χ1v) is 14.1. The molecule has 42 heavy (non-hydrogen) atoms.